The molecule has 0 radical (unpaired) electrons. The fourth-order valence-electron chi connectivity index (χ4n) is 4.06. The SMILES string of the molecule is CS(=O)(=O)c1ccc(OC[C@@H]2C[C@H]2CC2CCN(c3ncc(Cl)cn3)CC2)cc1. The second kappa shape index (κ2) is 8.48. The molecule has 1 aromatic heterocycles. The first-order valence-corrected chi connectivity index (χ1v) is 12.3. The summed E-state index contributed by atoms with van der Waals surface area (Å²) in [6, 6.07) is 6.69. The largest absolute Gasteiger partial charge is 0.493 e. The van der Waals surface area contributed by atoms with Gasteiger partial charge in [0.05, 0.1) is 28.9 Å². The molecule has 0 amide bonds. The van der Waals surface area contributed by atoms with Gasteiger partial charge in [-0.25, -0.2) is 18.4 Å². The lowest BCUT2D eigenvalue weighted by atomic mass is 9.91. The topological polar surface area (TPSA) is 72.4 Å². The van der Waals surface area contributed by atoms with Crippen molar-refractivity contribution in [1.82, 2.24) is 9.97 Å². The van der Waals surface area contributed by atoms with E-state index in [9.17, 15) is 8.42 Å². The molecule has 0 spiro atoms. The number of nitrogens with zero attached hydrogens (tertiary/aromatic N) is 3. The summed E-state index contributed by atoms with van der Waals surface area (Å²) < 4.78 is 28.9. The molecule has 29 heavy (non-hydrogen) atoms. The second-order valence-corrected chi connectivity index (χ2v) is 10.6. The third-order valence-electron chi connectivity index (χ3n) is 5.93. The van der Waals surface area contributed by atoms with Gasteiger partial charge in [0.1, 0.15) is 5.75 Å². The van der Waals surface area contributed by atoms with Crippen LogP contribution in [0.2, 0.25) is 5.02 Å². The molecule has 0 unspecified atom stereocenters. The number of ether oxygens (including phenoxy) is 1. The number of halogens is 1. The van der Waals surface area contributed by atoms with Gasteiger partial charge in [-0.1, -0.05) is 11.6 Å². The zero-order valence-electron chi connectivity index (χ0n) is 16.5. The minimum absolute atomic E-state index is 0.324. The molecule has 2 atom stereocenters. The van der Waals surface area contributed by atoms with Gasteiger partial charge >= 0.3 is 0 Å². The number of piperidine rings is 1. The molecule has 2 aromatic rings. The summed E-state index contributed by atoms with van der Waals surface area (Å²) in [5.41, 5.74) is 0. The number of hydrogen-bond donors (Lipinski definition) is 0. The van der Waals surface area contributed by atoms with E-state index >= 15 is 0 Å². The van der Waals surface area contributed by atoms with Gasteiger partial charge < -0.3 is 9.64 Å². The van der Waals surface area contributed by atoms with E-state index in [1.54, 1.807) is 36.7 Å². The molecule has 0 N–H and O–H groups in total. The molecule has 4 rings (SSSR count). The van der Waals surface area contributed by atoms with Crippen molar-refractivity contribution >= 4 is 27.4 Å². The number of sulfone groups is 1. The van der Waals surface area contributed by atoms with Crippen LogP contribution in [0, 0.1) is 17.8 Å². The third kappa shape index (κ3) is 5.39. The molecular formula is C21H26ClN3O3S. The summed E-state index contributed by atoms with van der Waals surface area (Å²) in [6.45, 7) is 2.69. The molecule has 1 aliphatic heterocycles. The average molecular weight is 436 g/mol. The van der Waals surface area contributed by atoms with E-state index in [2.05, 4.69) is 14.9 Å². The van der Waals surface area contributed by atoms with Gasteiger partial charge in [0.25, 0.3) is 0 Å². The first-order valence-electron chi connectivity index (χ1n) is 10.0. The van der Waals surface area contributed by atoms with Crippen LogP contribution in [0.5, 0.6) is 5.75 Å². The van der Waals surface area contributed by atoms with Crippen molar-refractivity contribution < 1.29 is 13.2 Å². The Kier molecular flexibility index (Phi) is 5.97. The number of anilines is 1. The highest BCUT2D eigenvalue weighted by atomic mass is 35.5. The van der Waals surface area contributed by atoms with Crippen LogP contribution < -0.4 is 9.64 Å². The van der Waals surface area contributed by atoms with Crippen molar-refractivity contribution in [3.05, 3.63) is 41.7 Å². The Balaban J connectivity index is 1.18. The van der Waals surface area contributed by atoms with Crippen LogP contribution in [0.3, 0.4) is 0 Å². The molecule has 2 fully saturated rings. The zero-order chi connectivity index (χ0) is 20.4. The maximum absolute atomic E-state index is 11.5. The van der Waals surface area contributed by atoms with Gasteiger partial charge in [-0.05, 0) is 67.7 Å². The smallest absolute Gasteiger partial charge is 0.225 e. The number of rotatable bonds is 7. The lowest BCUT2D eigenvalue weighted by molar-refractivity contribution is 0.279. The molecule has 8 heteroatoms. The van der Waals surface area contributed by atoms with Gasteiger partial charge in [0.15, 0.2) is 9.84 Å². The molecule has 2 aliphatic rings. The van der Waals surface area contributed by atoms with E-state index < -0.39 is 9.84 Å². The Morgan fingerprint density at radius 1 is 1.10 bits per heavy atom. The van der Waals surface area contributed by atoms with Crippen LogP contribution in [0.4, 0.5) is 5.95 Å². The maximum Gasteiger partial charge on any atom is 0.225 e. The lowest BCUT2D eigenvalue weighted by Crippen LogP contribution is -2.35. The quantitative estimate of drug-likeness (QED) is 0.657. The summed E-state index contributed by atoms with van der Waals surface area (Å²) in [6.07, 6.45) is 9.34. The first-order chi connectivity index (χ1) is 13.9. The van der Waals surface area contributed by atoms with Crippen LogP contribution in [-0.4, -0.2) is 44.3 Å². The van der Waals surface area contributed by atoms with Crippen molar-refractivity contribution in [1.29, 1.82) is 0 Å². The second-order valence-electron chi connectivity index (χ2n) is 8.18. The standard InChI is InChI=1S/C21H26ClN3O3S/c1-29(26,27)20-4-2-19(3-5-20)28-14-17-11-16(17)10-15-6-8-25(9-7-15)21-23-12-18(22)13-24-21/h2-5,12-13,15-17H,6-11,14H2,1H3/t16-,17+/m1/s1. The Labute approximate surface area is 177 Å². The minimum atomic E-state index is -3.16. The number of benzene rings is 1. The van der Waals surface area contributed by atoms with Gasteiger partial charge in [0.2, 0.25) is 5.95 Å². The van der Waals surface area contributed by atoms with E-state index in [1.807, 2.05) is 0 Å². The maximum atomic E-state index is 11.5. The fraction of sp³-hybridized carbons (Fsp3) is 0.524. The Morgan fingerprint density at radius 3 is 2.38 bits per heavy atom. The molecule has 2 heterocycles. The lowest BCUT2D eigenvalue weighted by Gasteiger charge is -2.32. The van der Waals surface area contributed by atoms with Crippen molar-refractivity contribution in [3.8, 4) is 5.75 Å². The molecule has 1 aliphatic carbocycles. The van der Waals surface area contributed by atoms with E-state index in [4.69, 9.17) is 16.3 Å². The number of aromatic nitrogens is 2. The Bertz CT molecular complexity index is 927. The van der Waals surface area contributed by atoms with Crippen LogP contribution in [0.15, 0.2) is 41.6 Å². The average Bonchev–Trinajstić information content (AvgIpc) is 3.45. The summed E-state index contributed by atoms with van der Waals surface area (Å²) in [5.74, 6) is 3.62. The molecular weight excluding hydrogens is 410 g/mol. The number of hydrogen-bond acceptors (Lipinski definition) is 6. The monoisotopic (exact) mass is 435 g/mol. The van der Waals surface area contributed by atoms with Gasteiger partial charge in [-0.3, -0.25) is 0 Å². The van der Waals surface area contributed by atoms with Crippen LogP contribution >= 0.6 is 11.6 Å². The van der Waals surface area contributed by atoms with Crippen molar-refractivity contribution in [2.24, 2.45) is 17.8 Å². The molecule has 0 bridgehead atoms. The van der Waals surface area contributed by atoms with Crippen LogP contribution in [0.25, 0.3) is 0 Å². The third-order valence-corrected chi connectivity index (χ3v) is 7.25. The molecule has 6 nitrogen and oxygen atoms in total. The van der Waals surface area contributed by atoms with E-state index in [-0.39, 0.29) is 0 Å². The van der Waals surface area contributed by atoms with Gasteiger partial charge in [-0.15, -0.1) is 0 Å². The fourth-order valence-corrected chi connectivity index (χ4v) is 4.78. The highest BCUT2D eigenvalue weighted by Crippen LogP contribution is 2.45. The highest BCUT2D eigenvalue weighted by molar-refractivity contribution is 7.90. The van der Waals surface area contributed by atoms with Gasteiger partial charge in [0, 0.05) is 19.3 Å². The predicted octanol–water partition coefficient (Wildman–Crippen LogP) is 3.86. The molecule has 1 saturated heterocycles. The summed E-state index contributed by atoms with van der Waals surface area (Å²) in [4.78, 5) is 11.2. The summed E-state index contributed by atoms with van der Waals surface area (Å²) in [7, 11) is -3.16. The van der Waals surface area contributed by atoms with Crippen LogP contribution in [-0.2, 0) is 9.84 Å². The van der Waals surface area contributed by atoms with E-state index in [1.165, 1.54) is 31.9 Å². The molecule has 156 valence electrons. The molecule has 1 aromatic carbocycles. The molecule has 1 saturated carbocycles. The van der Waals surface area contributed by atoms with Crippen molar-refractivity contribution in [2.45, 2.75) is 30.6 Å². The summed E-state index contributed by atoms with van der Waals surface area (Å²) >= 11 is 5.86. The Hall–Kier alpha value is -1.86. The first kappa shape index (κ1) is 20.4. The normalized spacial score (nSPS) is 22.5. The Morgan fingerprint density at radius 2 is 1.76 bits per heavy atom. The van der Waals surface area contributed by atoms with Crippen molar-refractivity contribution in [3.63, 3.8) is 0 Å². The van der Waals surface area contributed by atoms with E-state index in [0.29, 0.717) is 22.4 Å². The van der Waals surface area contributed by atoms with Gasteiger partial charge in [-0.2, -0.15) is 0 Å². The van der Waals surface area contributed by atoms with Crippen molar-refractivity contribution in [2.75, 3.05) is 30.9 Å². The van der Waals surface area contributed by atoms with Crippen LogP contribution in [0.1, 0.15) is 25.7 Å². The van der Waals surface area contributed by atoms with E-state index in [0.717, 1.165) is 36.6 Å². The zero-order valence-corrected chi connectivity index (χ0v) is 18.1. The highest BCUT2D eigenvalue weighted by Gasteiger charge is 2.39. The summed E-state index contributed by atoms with van der Waals surface area (Å²) in [5, 5.41) is 0.567. The minimum Gasteiger partial charge on any atom is -0.493 e. The predicted molar refractivity (Wildman–Crippen MR) is 113 cm³/mol.